The van der Waals surface area contributed by atoms with Crippen LogP contribution in [0.3, 0.4) is 0 Å². The summed E-state index contributed by atoms with van der Waals surface area (Å²) in [7, 11) is 0. The molecule has 0 atom stereocenters. The van der Waals surface area contributed by atoms with E-state index < -0.39 is 0 Å². The van der Waals surface area contributed by atoms with Crippen LogP contribution >= 0.6 is 15.9 Å². The summed E-state index contributed by atoms with van der Waals surface area (Å²) >= 11 is 3.35. The van der Waals surface area contributed by atoms with Crippen LogP contribution in [-0.4, -0.2) is 19.1 Å². The van der Waals surface area contributed by atoms with E-state index in [1.807, 2.05) is 31.2 Å². The van der Waals surface area contributed by atoms with Crippen molar-refractivity contribution in [2.75, 3.05) is 18.5 Å². The molecule has 0 unspecified atom stereocenters. The van der Waals surface area contributed by atoms with Gasteiger partial charge in [0.05, 0.1) is 13.0 Å². The Labute approximate surface area is 104 Å². The van der Waals surface area contributed by atoms with Crippen LogP contribution in [0.2, 0.25) is 0 Å². The quantitative estimate of drug-likeness (QED) is 0.815. The molecule has 0 aromatic heterocycles. The number of nitrogens with one attached hydrogen (secondary N) is 1. The van der Waals surface area contributed by atoms with Gasteiger partial charge in [0, 0.05) is 16.8 Å². The van der Waals surface area contributed by atoms with E-state index in [1.54, 1.807) is 0 Å². The molecule has 1 amide bonds. The van der Waals surface area contributed by atoms with Gasteiger partial charge in [-0.15, -0.1) is 0 Å². The minimum atomic E-state index is -0.0193. The average Bonchev–Trinajstić information content (AvgIpc) is 2.24. The first-order chi connectivity index (χ1) is 7.72. The Bertz CT molecular complexity index is 342. The Morgan fingerprint density at radius 2 is 2.25 bits per heavy atom. The number of carbonyl (C=O) groups excluding carboxylic acids is 1. The van der Waals surface area contributed by atoms with Crippen molar-refractivity contribution in [3.63, 3.8) is 0 Å². The molecule has 0 heterocycles. The molecule has 4 heteroatoms. The number of hydrogen-bond acceptors (Lipinski definition) is 2. The fourth-order valence-corrected chi connectivity index (χ4v) is 1.60. The topological polar surface area (TPSA) is 38.3 Å². The molecule has 0 aliphatic rings. The monoisotopic (exact) mass is 285 g/mol. The summed E-state index contributed by atoms with van der Waals surface area (Å²) in [5.41, 5.74) is 0.801. The molecule has 0 aliphatic carbocycles. The van der Waals surface area contributed by atoms with Crippen LogP contribution in [0, 0.1) is 0 Å². The number of halogens is 1. The van der Waals surface area contributed by atoms with Gasteiger partial charge in [0.15, 0.2) is 0 Å². The first-order valence-electron chi connectivity index (χ1n) is 5.35. The molecule has 16 heavy (non-hydrogen) atoms. The smallest absolute Gasteiger partial charge is 0.226 e. The van der Waals surface area contributed by atoms with Crippen molar-refractivity contribution in [3.8, 4) is 0 Å². The Morgan fingerprint density at radius 1 is 1.44 bits per heavy atom. The first-order valence-corrected chi connectivity index (χ1v) is 6.15. The third kappa shape index (κ3) is 5.28. The van der Waals surface area contributed by atoms with Crippen molar-refractivity contribution >= 4 is 27.5 Å². The summed E-state index contributed by atoms with van der Waals surface area (Å²) in [6, 6.07) is 7.52. The molecule has 0 saturated heterocycles. The second-order valence-electron chi connectivity index (χ2n) is 3.42. The van der Waals surface area contributed by atoms with Gasteiger partial charge in [-0.2, -0.15) is 0 Å². The lowest BCUT2D eigenvalue weighted by Gasteiger charge is -2.05. The van der Waals surface area contributed by atoms with Crippen LogP contribution in [0.5, 0.6) is 0 Å². The summed E-state index contributed by atoms with van der Waals surface area (Å²) in [6.45, 7) is 3.24. The summed E-state index contributed by atoms with van der Waals surface area (Å²) in [5, 5.41) is 2.81. The molecule has 0 fully saturated rings. The van der Waals surface area contributed by atoms with Crippen molar-refractivity contribution in [2.24, 2.45) is 0 Å². The van der Waals surface area contributed by atoms with Crippen LogP contribution in [0.4, 0.5) is 5.69 Å². The predicted molar refractivity (Wildman–Crippen MR) is 68.5 cm³/mol. The lowest BCUT2D eigenvalue weighted by atomic mass is 10.3. The van der Waals surface area contributed by atoms with Crippen LogP contribution in [0.1, 0.15) is 19.8 Å². The molecule has 1 rings (SSSR count). The molecular formula is C12H16BrNO2. The lowest BCUT2D eigenvalue weighted by Crippen LogP contribution is -2.14. The number of carbonyl (C=O) groups is 1. The molecule has 1 N–H and O–H groups in total. The van der Waals surface area contributed by atoms with Crippen LogP contribution in [0.25, 0.3) is 0 Å². The maximum absolute atomic E-state index is 11.5. The van der Waals surface area contributed by atoms with Crippen molar-refractivity contribution in [1.29, 1.82) is 0 Å². The van der Waals surface area contributed by atoms with Crippen LogP contribution in [-0.2, 0) is 9.53 Å². The van der Waals surface area contributed by atoms with E-state index in [0.717, 1.165) is 16.6 Å². The molecule has 1 aromatic carbocycles. The molecule has 0 saturated carbocycles. The average molecular weight is 286 g/mol. The molecule has 0 radical (unpaired) electrons. The Morgan fingerprint density at radius 3 is 2.94 bits per heavy atom. The fraction of sp³-hybridized carbons (Fsp3) is 0.417. The highest BCUT2D eigenvalue weighted by Gasteiger charge is 2.02. The highest BCUT2D eigenvalue weighted by molar-refractivity contribution is 9.10. The Kier molecular flexibility index (Phi) is 6.11. The van der Waals surface area contributed by atoms with Crippen molar-refractivity contribution in [2.45, 2.75) is 19.8 Å². The van der Waals surface area contributed by atoms with Crippen LogP contribution in [0.15, 0.2) is 28.7 Å². The summed E-state index contributed by atoms with van der Waals surface area (Å²) in [5.74, 6) is -0.0193. The molecule has 0 aliphatic heterocycles. The highest BCUT2D eigenvalue weighted by Crippen LogP contribution is 2.15. The van der Waals surface area contributed by atoms with E-state index in [4.69, 9.17) is 4.74 Å². The standard InChI is InChI=1S/C12H16BrNO2/c1-2-7-16-8-6-12(15)14-11-5-3-4-10(13)9-11/h3-5,9H,2,6-8H2,1H3,(H,14,15). The van der Waals surface area contributed by atoms with Gasteiger partial charge >= 0.3 is 0 Å². The number of rotatable bonds is 6. The van der Waals surface area contributed by atoms with E-state index in [0.29, 0.717) is 19.6 Å². The lowest BCUT2D eigenvalue weighted by molar-refractivity contribution is -0.117. The number of anilines is 1. The van der Waals surface area contributed by atoms with E-state index >= 15 is 0 Å². The molecule has 0 spiro atoms. The van der Waals surface area contributed by atoms with E-state index in [1.165, 1.54) is 0 Å². The fourth-order valence-electron chi connectivity index (χ4n) is 1.20. The molecular weight excluding hydrogens is 270 g/mol. The van der Waals surface area contributed by atoms with Crippen LogP contribution < -0.4 is 5.32 Å². The zero-order chi connectivity index (χ0) is 11.8. The third-order valence-corrected chi connectivity index (χ3v) is 2.42. The van der Waals surface area contributed by atoms with Gasteiger partial charge in [-0.3, -0.25) is 4.79 Å². The van der Waals surface area contributed by atoms with Gasteiger partial charge in [-0.1, -0.05) is 28.9 Å². The summed E-state index contributed by atoms with van der Waals surface area (Å²) in [4.78, 5) is 11.5. The Balaban J connectivity index is 2.29. The number of amides is 1. The van der Waals surface area contributed by atoms with E-state index in [9.17, 15) is 4.79 Å². The predicted octanol–water partition coefficient (Wildman–Crippen LogP) is 3.20. The van der Waals surface area contributed by atoms with Gasteiger partial charge in [0.1, 0.15) is 0 Å². The van der Waals surface area contributed by atoms with E-state index in [2.05, 4.69) is 21.2 Å². The Hall–Kier alpha value is -0.870. The second-order valence-corrected chi connectivity index (χ2v) is 4.34. The largest absolute Gasteiger partial charge is 0.381 e. The number of hydrogen-bond donors (Lipinski definition) is 1. The van der Waals surface area contributed by atoms with Crippen molar-refractivity contribution < 1.29 is 9.53 Å². The number of benzene rings is 1. The second kappa shape index (κ2) is 7.41. The van der Waals surface area contributed by atoms with Gasteiger partial charge in [-0.05, 0) is 24.6 Å². The first kappa shape index (κ1) is 13.2. The van der Waals surface area contributed by atoms with Gasteiger partial charge < -0.3 is 10.1 Å². The van der Waals surface area contributed by atoms with Crippen molar-refractivity contribution in [3.05, 3.63) is 28.7 Å². The minimum absolute atomic E-state index is 0.0193. The van der Waals surface area contributed by atoms with Gasteiger partial charge in [0.25, 0.3) is 0 Å². The SMILES string of the molecule is CCCOCCC(=O)Nc1cccc(Br)c1. The zero-order valence-corrected chi connectivity index (χ0v) is 10.9. The molecule has 0 bridgehead atoms. The third-order valence-electron chi connectivity index (χ3n) is 1.93. The van der Waals surface area contributed by atoms with Crippen molar-refractivity contribution in [1.82, 2.24) is 0 Å². The molecule has 3 nitrogen and oxygen atoms in total. The summed E-state index contributed by atoms with van der Waals surface area (Å²) in [6.07, 6.45) is 1.37. The number of ether oxygens (including phenoxy) is 1. The normalized spacial score (nSPS) is 10.1. The maximum atomic E-state index is 11.5. The van der Waals surface area contributed by atoms with Gasteiger partial charge in [-0.25, -0.2) is 0 Å². The summed E-state index contributed by atoms with van der Waals surface area (Å²) < 4.78 is 6.20. The van der Waals surface area contributed by atoms with Gasteiger partial charge in [0.2, 0.25) is 5.91 Å². The van der Waals surface area contributed by atoms with E-state index in [-0.39, 0.29) is 5.91 Å². The minimum Gasteiger partial charge on any atom is -0.381 e. The molecule has 88 valence electrons. The molecule has 1 aromatic rings. The maximum Gasteiger partial charge on any atom is 0.226 e. The highest BCUT2D eigenvalue weighted by atomic mass is 79.9. The zero-order valence-electron chi connectivity index (χ0n) is 9.33.